The molecule has 0 radical (unpaired) electrons. The maximum atomic E-state index is 5.93. The minimum absolute atomic E-state index is 0.0723. The second-order valence-corrected chi connectivity index (χ2v) is 5.15. The molecule has 88 valence electrons. The van der Waals surface area contributed by atoms with E-state index in [1.54, 1.807) is 0 Å². The molecule has 16 heavy (non-hydrogen) atoms. The lowest BCUT2D eigenvalue weighted by molar-refractivity contribution is -0.267. The molecule has 0 spiro atoms. The summed E-state index contributed by atoms with van der Waals surface area (Å²) in [5, 5.41) is 0. The minimum atomic E-state index is -0.110. The third-order valence-corrected chi connectivity index (χ3v) is 2.86. The highest BCUT2D eigenvalue weighted by molar-refractivity contribution is 5.15. The van der Waals surface area contributed by atoms with Crippen LogP contribution >= 0.6 is 0 Å². The molecule has 1 aliphatic rings. The van der Waals surface area contributed by atoms with Crippen LogP contribution in [-0.2, 0) is 15.9 Å². The highest BCUT2D eigenvalue weighted by atomic mass is 16.7. The molecule has 2 atom stereocenters. The van der Waals surface area contributed by atoms with Gasteiger partial charge in [0, 0.05) is 12.8 Å². The molecule has 0 amide bonds. The molecule has 1 heterocycles. The van der Waals surface area contributed by atoms with Crippen LogP contribution in [0.2, 0.25) is 0 Å². The molecule has 1 fully saturated rings. The van der Waals surface area contributed by atoms with Crippen LogP contribution in [0.25, 0.3) is 0 Å². The zero-order chi connectivity index (χ0) is 11.6. The average molecular weight is 220 g/mol. The molecule has 2 heteroatoms. The Labute approximate surface area is 97.6 Å². The molecule has 0 N–H and O–H groups in total. The molecule has 2 nitrogen and oxygen atoms in total. The number of rotatable bonds is 2. The molecule has 1 aliphatic heterocycles. The van der Waals surface area contributed by atoms with Crippen LogP contribution in [0.3, 0.4) is 0 Å². The van der Waals surface area contributed by atoms with Gasteiger partial charge in [-0.2, -0.15) is 0 Å². The van der Waals surface area contributed by atoms with Crippen molar-refractivity contribution in [3.05, 3.63) is 35.9 Å². The van der Waals surface area contributed by atoms with Gasteiger partial charge in [-0.05, 0) is 26.3 Å². The second-order valence-electron chi connectivity index (χ2n) is 5.15. The van der Waals surface area contributed by atoms with Crippen molar-refractivity contribution < 1.29 is 9.47 Å². The van der Waals surface area contributed by atoms with Gasteiger partial charge in [0.1, 0.15) is 0 Å². The number of hydrogen-bond acceptors (Lipinski definition) is 2. The van der Waals surface area contributed by atoms with E-state index < -0.39 is 0 Å². The number of benzene rings is 1. The van der Waals surface area contributed by atoms with E-state index in [2.05, 4.69) is 32.9 Å². The Morgan fingerprint density at radius 1 is 1.25 bits per heavy atom. The van der Waals surface area contributed by atoms with Crippen LogP contribution < -0.4 is 0 Å². The maximum Gasteiger partial charge on any atom is 0.162 e. The smallest absolute Gasteiger partial charge is 0.162 e. The molecule has 0 bridgehead atoms. The third-order valence-electron chi connectivity index (χ3n) is 2.86. The fraction of sp³-hybridized carbons (Fsp3) is 0.571. The number of ether oxygens (including phenoxy) is 2. The molecule has 1 saturated heterocycles. The largest absolute Gasteiger partial charge is 0.349 e. The SMILES string of the molecule is C[C@H]1CC(C)(C)O[C@H](Cc2ccccc2)O1. The average Bonchev–Trinajstić information content (AvgIpc) is 2.15. The van der Waals surface area contributed by atoms with E-state index in [4.69, 9.17) is 9.47 Å². The lowest BCUT2D eigenvalue weighted by Crippen LogP contribution is -2.43. The summed E-state index contributed by atoms with van der Waals surface area (Å²) in [6, 6.07) is 10.3. The molecule has 2 rings (SSSR count). The Bertz CT molecular complexity index is 332. The van der Waals surface area contributed by atoms with Crippen molar-refractivity contribution in [1.29, 1.82) is 0 Å². The van der Waals surface area contributed by atoms with Gasteiger partial charge in [0.25, 0.3) is 0 Å². The molecule has 0 saturated carbocycles. The Morgan fingerprint density at radius 3 is 2.56 bits per heavy atom. The first kappa shape index (κ1) is 11.6. The van der Waals surface area contributed by atoms with Gasteiger partial charge >= 0.3 is 0 Å². The molecule has 0 aliphatic carbocycles. The summed E-state index contributed by atoms with van der Waals surface area (Å²) in [6.45, 7) is 6.37. The van der Waals surface area contributed by atoms with Gasteiger partial charge in [-0.3, -0.25) is 0 Å². The zero-order valence-corrected chi connectivity index (χ0v) is 10.3. The van der Waals surface area contributed by atoms with Crippen molar-refractivity contribution in [1.82, 2.24) is 0 Å². The first-order chi connectivity index (χ1) is 7.55. The topological polar surface area (TPSA) is 18.5 Å². The van der Waals surface area contributed by atoms with Gasteiger partial charge in [-0.15, -0.1) is 0 Å². The fourth-order valence-electron chi connectivity index (χ4n) is 2.33. The first-order valence-corrected chi connectivity index (χ1v) is 5.92. The highest BCUT2D eigenvalue weighted by Gasteiger charge is 2.33. The Morgan fingerprint density at radius 2 is 1.94 bits per heavy atom. The van der Waals surface area contributed by atoms with Crippen LogP contribution in [0.15, 0.2) is 30.3 Å². The van der Waals surface area contributed by atoms with Gasteiger partial charge in [-0.1, -0.05) is 30.3 Å². The summed E-state index contributed by atoms with van der Waals surface area (Å²) >= 11 is 0. The normalized spacial score (nSPS) is 28.9. The first-order valence-electron chi connectivity index (χ1n) is 5.92. The summed E-state index contributed by atoms with van der Waals surface area (Å²) in [6.07, 6.45) is 1.95. The van der Waals surface area contributed by atoms with Gasteiger partial charge in [0.05, 0.1) is 11.7 Å². The van der Waals surface area contributed by atoms with Crippen molar-refractivity contribution in [2.45, 2.75) is 51.6 Å². The van der Waals surface area contributed by atoms with E-state index in [1.165, 1.54) is 5.56 Å². The quantitative estimate of drug-likeness (QED) is 0.762. The van der Waals surface area contributed by atoms with E-state index in [0.717, 1.165) is 12.8 Å². The van der Waals surface area contributed by atoms with E-state index in [0.29, 0.717) is 0 Å². The molecule has 0 aromatic heterocycles. The fourth-order valence-corrected chi connectivity index (χ4v) is 2.33. The predicted octanol–water partition coefficient (Wildman–Crippen LogP) is 3.16. The van der Waals surface area contributed by atoms with Crippen LogP contribution in [0, 0.1) is 0 Å². The zero-order valence-electron chi connectivity index (χ0n) is 10.3. The van der Waals surface area contributed by atoms with Gasteiger partial charge in [0.15, 0.2) is 6.29 Å². The molecule has 0 unspecified atom stereocenters. The van der Waals surface area contributed by atoms with E-state index >= 15 is 0 Å². The van der Waals surface area contributed by atoms with Gasteiger partial charge < -0.3 is 9.47 Å². The van der Waals surface area contributed by atoms with Crippen molar-refractivity contribution in [2.75, 3.05) is 0 Å². The van der Waals surface area contributed by atoms with Gasteiger partial charge in [-0.25, -0.2) is 0 Å². The summed E-state index contributed by atoms with van der Waals surface area (Å²) in [7, 11) is 0. The summed E-state index contributed by atoms with van der Waals surface area (Å²) < 4.78 is 11.7. The highest BCUT2D eigenvalue weighted by Crippen LogP contribution is 2.28. The second kappa shape index (κ2) is 4.56. The molecule has 1 aromatic carbocycles. The summed E-state index contributed by atoms with van der Waals surface area (Å²) in [5.74, 6) is 0. The van der Waals surface area contributed by atoms with Crippen molar-refractivity contribution >= 4 is 0 Å². The summed E-state index contributed by atoms with van der Waals surface area (Å²) in [4.78, 5) is 0. The Hall–Kier alpha value is -0.860. The van der Waals surface area contributed by atoms with E-state index in [9.17, 15) is 0 Å². The molecular formula is C14H20O2. The predicted molar refractivity (Wildman–Crippen MR) is 64.3 cm³/mol. The van der Waals surface area contributed by atoms with E-state index in [-0.39, 0.29) is 18.0 Å². The maximum absolute atomic E-state index is 5.93. The van der Waals surface area contributed by atoms with Crippen LogP contribution in [-0.4, -0.2) is 18.0 Å². The molecule has 1 aromatic rings. The summed E-state index contributed by atoms with van der Waals surface area (Å²) in [5.41, 5.74) is 1.19. The van der Waals surface area contributed by atoms with Crippen molar-refractivity contribution in [3.63, 3.8) is 0 Å². The Kier molecular flexibility index (Phi) is 3.31. The lowest BCUT2D eigenvalue weighted by Gasteiger charge is -2.39. The Balaban J connectivity index is 2.00. The van der Waals surface area contributed by atoms with Gasteiger partial charge in [0.2, 0.25) is 0 Å². The lowest BCUT2D eigenvalue weighted by atomic mass is 9.99. The van der Waals surface area contributed by atoms with Crippen LogP contribution in [0.4, 0.5) is 0 Å². The van der Waals surface area contributed by atoms with E-state index in [1.807, 2.05) is 18.2 Å². The monoisotopic (exact) mass is 220 g/mol. The standard InChI is InChI=1S/C14H20O2/c1-11-10-14(2,3)16-13(15-11)9-12-7-5-4-6-8-12/h4-8,11,13H,9-10H2,1-3H3/t11-,13+/m0/s1. The minimum Gasteiger partial charge on any atom is -0.349 e. The van der Waals surface area contributed by atoms with Crippen LogP contribution in [0.1, 0.15) is 32.8 Å². The van der Waals surface area contributed by atoms with Crippen LogP contribution in [0.5, 0.6) is 0 Å². The molecular weight excluding hydrogens is 200 g/mol. The number of hydrogen-bond donors (Lipinski definition) is 0. The van der Waals surface area contributed by atoms with Crippen molar-refractivity contribution in [2.24, 2.45) is 0 Å². The van der Waals surface area contributed by atoms with Crippen molar-refractivity contribution in [3.8, 4) is 0 Å². The third kappa shape index (κ3) is 3.06.